The maximum atomic E-state index is 11.8. The molecule has 8 nitrogen and oxygen atoms in total. The molecular formula is C13H19N3O5. The molecule has 116 valence electrons. The Morgan fingerprint density at radius 3 is 3.10 bits per heavy atom. The molecule has 1 aliphatic heterocycles. The van der Waals surface area contributed by atoms with E-state index in [-0.39, 0.29) is 13.0 Å². The highest BCUT2D eigenvalue weighted by molar-refractivity contribution is 5.02. The second-order valence-electron chi connectivity index (χ2n) is 4.94. The van der Waals surface area contributed by atoms with Crippen molar-refractivity contribution >= 4 is 0 Å². The van der Waals surface area contributed by atoms with Crippen LogP contribution in [-0.2, 0) is 9.47 Å². The fraction of sp³-hybridized carbons (Fsp3) is 0.538. The number of aliphatic hydroxyl groups excluding tert-OH is 1. The van der Waals surface area contributed by atoms with E-state index in [1.165, 1.54) is 16.8 Å². The smallest absolute Gasteiger partial charge is 0.330 e. The molecule has 0 spiro atoms. The molecule has 4 atom stereocenters. The number of aryl methyl sites for hydroxylation is 1. The van der Waals surface area contributed by atoms with E-state index in [0.717, 1.165) is 0 Å². The maximum absolute atomic E-state index is 11.8. The Kier molecular flexibility index (Phi) is 4.73. The maximum Gasteiger partial charge on any atom is 0.330 e. The average Bonchev–Trinajstić information content (AvgIpc) is 2.81. The van der Waals surface area contributed by atoms with Gasteiger partial charge in [0.15, 0.2) is 0 Å². The van der Waals surface area contributed by atoms with E-state index in [9.17, 15) is 14.7 Å². The third kappa shape index (κ3) is 3.48. The average molecular weight is 297 g/mol. The first-order valence-corrected chi connectivity index (χ1v) is 6.57. The highest BCUT2D eigenvalue weighted by atomic mass is 16.6. The number of aromatic amines is 1. The minimum Gasteiger partial charge on any atom is -0.390 e. The van der Waals surface area contributed by atoms with Crippen LogP contribution < -0.4 is 17.0 Å². The van der Waals surface area contributed by atoms with Gasteiger partial charge in [0.05, 0.1) is 12.7 Å². The minimum atomic E-state index is -0.786. The van der Waals surface area contributed by atoms with E-state index >= 15 is 0 Å². The van der Waals surface area contributed by atoms with Crippen molar-refractivity contribution in [1.29, 1.82) is 0 Å². The molecule has 0 bridgehead atoms. The van der Waals surface area contributed by atoms with E-state index in [1.807, 2.05) is 0 Å². The minimum absolute atomic E-state index is 0.0853. The van der Waals surface area contributed by atoms with Crippen LogP contribution in [0.25, 0.3) is 0 Å². The number of hydrogen-bond donors (Lipinski definition) is 3. The molecule has 1 saturated heterocycles. The SMILES string of the molecule is C=CC(N)OC[C@H]1O[C@@H](n2cc(C)c(=O)[nH]c2=O)C[C@@H]1O. The number of ether oxygens (including phenoxy) is 2. The van der Waals surface area contributed by atoms with Crippen LogP contribution in [0.15, 0.2) is 28.4 Å². The summed E-state index contributed by atoms with van der Waals surface area (Å²) in [6, 6.07) is 0. The molecule has 0 radical (unpaired) electrons. The van der Waals surface area contributed by atoms with Gasteiger partial charge in [0.25, 0.3) is 5.56 Å². The van der Waals surface area contributed by atoms with Crippen LogP contribution in [0, 0.1) is 6.92 Å². The number of hydrogen-bond acceptors (Lipinski definition) is 6. The lowest BCUT2D eigenvalue weighted by Gasteiger charge is -2.17. The van der Waals surface area contributed by atoms with E-state index in [2.05, 4.69) is 11.6 Å². The van der Waals surface area contributed by atoms with Crippen LogP contribution in [0.1, 0.15) is 18.2 Å². The summed E-state index contributed by atoms with van der Waals surface area (Å²) in [6.45, 7) is 5.16. The normalized spacial score (nSPS) is 26.7. The van der Waals surface area contributed by atoms with Crippen LogP contribution in [0.4, 0.5) is 0 Å². The van der Waals surface area contributed by atoms with Gasteiger partial charge < -0.3 is 20.3 Å². The first kappa shape index (κ1) is 15.6. The summed E-state index contributed by atoms with van der Waals surface area (Å²) in [6.07, 6.45) is 0.384. The van der Waals surface area contributed by atoms with Crippen LogP contribution in [0.2, 0.25) is 0 Å². The Labute approximate surface area is 120 Å². The zero-order valence-electron chi connectivity index (χ0n) is 11.7. The van der Waals surface area contributed by atoms with Crippen molar-refractivity contribution < 1.29 is 14.6 Å². The Hall–Kier alpha value is -1.74. The number of aliphatic hydroxyl groups is 1. The third-order valence-corrected chi connectivity index (χ3v) is 3.35. The summed E-state index contributed by atoms with van der Waals surface area (Å²) in [5.74, 6) is 0. The molecule has 1 aromatic rings. The number of aromatic nitrogens is 2. The van der Waals surface area contributed by atoms with Crippen LogP contribution >= 0.6 is 0 Å². The number of nitrogens with zero attached hydrogens (tertiary/aromatic N) is 1. The molecule has 0 aromatic carbocycles. The highest BCUT2D eigenvalue weighted by Crippen LogP contribution is 2.27. The molecule has 1 fully saturated rings. The molecule has 1 unspecified atom stereocenters. The van der Waals surface area contributed by atoms with Crippen molar-refractivity contribution in [3.8, 4) is 0 Å². The van der Waals surface area contributed by atoms with Gasteiger partial charge >= 0.3 is 5.69 Å². The summed E-state index contributed by atoms with van der Waals surface area (Å²) in [5, 5.41) is 9.96. The van der Waals surface area contributed by atoms with Gasteiger partial charge in [0.1, 0.15) is 18.6 Å². The van der Waals surface area contributed by atoms with Gasteiger partial charge in [0.2, 0.25) is 0 Å². The topological polar surface area (TPSA) is 120 Å². The molecule has 2 heterocycles. The molecule has 0 aliphatic carbocycles. The monoisotopic (exact) mass is 297 g/mol. The van der Waals surface area contributed by atoms with Crippen LogP contribution in [0.3, 0.4) is 0 Å². The molecule has 2 rings (SSSR count). The van der Waals surface area contributed by atoms with Gasteiger partial charge in [-0.1, -0.05) is 6.58 Å². The van der Waals surface area contributed by atoms with E-state index in [0.29, 0.717) is 5.56 Å². The second kappa shape index (κ2) is 6.35. The lowest BCUT2D eigenvalue weighted by Crippen LogP contribution is -2.34. The first-order valence-electron chi connectivity index (χ1n) is 6.57. The summed E-state index contributed by atoms with van der Waals surface area (Å²) in [7, 11) is 0. The number of nitrogens with one attached hydrogen (secondary N) is 1. The van der Waals surface area contributed by atoms with Crippen molar-refractivity contribution in [2.75, 3.05) is 6.61 Å². The predicted octanol–water partition coefficient (Wildman–Crippen LogP) is -1.02. The molecule has 1 aliphatic rings. The zero-order chi connectivity index (χ0) is 15.6. The van der Waals surface area contributed by atoms with Gasteiger partial charge in [0, 0.05) is 18.2 Å². The van der Waals surface area contributed by atoms with E-state index < -0.39 is 35.9 Å². The molecule has 21 heavy (non-hydrogen) atoms. The number of rotatable bonds is 5. The van der Waals surface area contributed by atoms with E-state index in [4.69, 9.17) is 15.2 Å². The van der Waals surface area contributed by atoms with Crippen LogP contribution in [0.5, 0.6) is 0 Å². The summed E-state index contributed by atoms with van der Waals surface area (Å²) >= 11 is 0. The third-order valence-electron chi connectivity index (χ3n) is 3.35. The molecule has 1 aromatic heterocycles. The van der Waals surface area contributed by atoms with Gasteiger partial charge in [-0.2, -0.15) is 0 Å². The second-order valence-corrected chi connectivity index (χ2v) is 4.94. The highest BCUT2D eigenvalue weighted by Gasteiger charge is 2.35. The molecule has 0 saturated carbocycles. The van der Waals surface area contributed by atoms with Crippen molar-refractivity contribution in [2.24, 2.45) is 5.73 Å². The zero-order valence-corrected chi connectivity index (χ0v) is 11.7. The van der Waals surface area contributed by atoms with Gasteiger partial charge in [-0.3, -0.25) is 14.3 Å². The standard InChI is InChI=1S/C13H19N3O5/c1-3-10(14)20-6-9-8(17)4-11(21-9)16-5-7(2)12(18)15-13(16)19/h3,5,8-11,17H,1,4,6,14H2,2H3,(H,15,18,19)/t8-,9+,10?,11+/m0/s1. The summed E-state index contributed by atoms with van der Waals surface area (Å²) in [4.78, 5) is 25.3. The molecule has 4 N–H and O–H groups in total. The van der Waals surface area contributed by atoms with E-state index in [1.54, 1.807) is 6.92 Å². The fourth-order valence-corrected chi connectivity index (χ4v) is 2.11. The summed E-state index contributed by atoms with van der Waals surface area (Å²) in [5.41, 5.74) is 4.91. The molecule has 8 heteroatoms. The van der Waals surface area contributed by atoms with Crippen molar-refractivity contribution in [2.45, 2.75) is 38.0 Å². The van der Waals surface area contributed by atoms with Gasteiger partial charge in [-0.25, -0.2) is 4.79 Å². The Bertz CT molecular complexity index is 623. The quantitative estimate of drug-likeness (QED) is 0.473. The number of nitrogens with two attached hydrogens (primary N) is 1. The first-order chi connectivity index (χ1) is 9.92. The van der Waals surface area contributed by atoms with Gasteiger partial charge in [-0.05, 0) is 13.0 Å². The number of H-pyrrole nitrogens is 1. The Balaban J connectivity index is 2.10. The summed E-state index contributed by atoms with van der Waals surface area (Å²) < 4.78 is 12.1. The fourth-order valence-electron chi connectivity index (χ4n) is 2.11. The largest absolute Gasteiger partial charge is 0.390 e. The van der Waals surface area contributed by atoms with Crippen molar-refractivity contribution in [3.63, 3.8) is 0 Å². The predicted molar refractivity (Wildman–Crippen MR) is 74.7 cm³/mol. The Morgan fingerprint density at radius 1 is 1.71 bits per heavy atom. The molecule has 0 amide bonds. The van der Waals surface area contributed by atoms with Crippen LogP contribution in [-0.4, -0.2) is 39.7 Å². The lowest BCUT2D eigenvalue weighted by atomic mass is 10.2. The van der Waals surface area contributed by atoms with Crippen molar-refractivity contribution in [1.82, 2.24) is 9.55 Å². The Morgan fingerprint density at radius 2 is 2.43 bits per heavy atom. The lowest BCUT2D eigenvalue weighted by molar-refractivity contribution is -0.0723. The van der Waals surface area contributed by atoms with Crippen molar-refractivity contribution in [3.05, 3.63) is 45.3 Å². The van der Waals surface area contributed by atoms with Gasteiger partial charge in [-0.15, -0.1) is 0 Å². The molecular weight excluding hydrogens is 278 g/mol.